The number of hydrogen-bond donors (Lipinski definition) is 3. The van der Waals surface area contributed by atoms with Crippen molar-refractivity contribution in [3.63, 3.8) is 0 Å². The molecular formula is C13H25N3O. The molecule has 0 bridgehead atoms. The number of rotatable bonds is 1. The van der Waals surface area contributed by atoms with E-state index in [-0.39, 0.29) is 17.1 Å². The van der Waals surface area contributed by atoms with E-state index in [0.717, 1.165) is 19.4 Å². The molecule has 3 N–H and O–H groups in total. The second kappa shape index (κ2) is 4.48. The predicted octanol–water partition coefficient (Wildman–Crippen LogP) is 1.76. The SMILES string of the molecule is CC(C)(C)NC(=O)NC12CCCCC1NCC2. The topological polar surface area (TPSA) is 53.2 Å². The van der Waals surface area contributed by atoms with Gasteiger partial charge in [-0.05, 0) is 46.6 Å². The maximum absolute atomic E-state index is 12.0. The number of urea groups is 1. The van der Waals surface area contributed by atoms with Crippen molar-refractivity contribution >= 4 is 6.03 Å². The first-order valence-electron chi connectivity index (χ1n) is 6.75. The molecule has 1 aliphatic carbocycles. The summed E-state index contributed by atoms with van der Waals surface area (Å²) in [5.41, 5.74) is -0.162. The molecule has 98 valence electrons. The van der Waals surface area contributed by atoms with Crippen LogP contribution < -0.4 is 16.0 Å². The predicted molar refractivity (Wildman–Crippen MR) is 69.0 cm³/mol. The summed E-state index contributed by atoms with van der Waals surface area (Å²) in [5.74, 6) is 0. The standard InChI is InChI=1S/C13H25N3O/c1-12(2,3)15-11(17)16-13-7-5-4-6-10(13)14-9-8-13/h10,14H,4-9H2,1-3H3,(H2,15,16,17). The number of fused-ring (bicyclic) bond motifs is 1. The zero-order valence-electron chi connectivity index (χ0n) is 11.2. The molecule has 2 atom stereocenters. The zero-order valence-corrected chi connectivity index (χ0v) is 11.2. The van der Waals surface area contributed by atoms with E-state index in [9.17, 15) is 4.79 Å². The Morgan fingerprint density at radius 3 is 2.76 bits per heavy atom. The molecule has 0 radical (unpaired) electrons. The fraction of sp³-hybridized carbons (Fsp3) is 0.923. The Balaban J connectivity index is 1.98. The molecule has 2 unspecified atom stereocenters. The highest BCUT2D eigenvalue weighted by atomic mass is 16.2. The van der Waals surface area contributed by atoms with Gasteiger partial charge in [0.2, 0.25) is 0 Å². The highest BCUT2D eigenvalue weighted by Crippen LogP contribution is 2.34. The molecule has 2 amide bonds. The number of carbonyl (C=O) groups is 1. The third-order valence-corrected chi connectivity index (χ3v) is 3.85. The smallest absolute Gasteiger partial charge is 0.315 e. The van der Waals surface area contributed by atoms with Crippen LogP contribution in [-0.2, 0) is 0 Å². The largest absolute Gasteiger partial charge is 0.334 e. The minimum atomic E-state index is -0.170. The molecule has 1 saturated carbocycles. The first kappa shape index (κ1) is 12.7. The molecule has 1 aliphatic heterocycles. The first-order valence-corrected chi connectivity index (χ1v) is 6.75. The monoisotopic (exact) mass is 239 g/mol. The normalized spacial score (nSPS) is 33.0. The van der Waals surface area contributed by atoms with Gasteiger partial charge in [0.05, 0.1) is 5.54 Å². The minimum Gasteiger partial charge on any atom is -0.334 e. The first-order chi connectivity index (χ1) is 7.91. The van der Waals surface area contributed by atoms with Crippen LogP contribution in [0.1, 0.15) is 52.9 Å². The number of nitrogens with one attached hydrogen (secondary N) is 3. The molecule has 4 nitrogen and oxygen atoms in total. The van der Waals surface area contributed by atoms with Crippen LogP contribution in [0.3, 0.4) is 0 Å². The minimum absolute atomic E-state index is 0.00752. The lowest BCUT2D eigenvalue weighted by atomic mass is 9.78. The maximum Gasteiger partial charge on any atom is 0.315 e. The Kier molecular flexibility index (Phi) is 3.34. The molecule has 0 aromatic rings. The van der Waals surface area contributed by atoms with E-state index in [4.69, 9.17) is 0 Å². The quantitative estimate of drug-likeness (QED) is 0.653. The van der Waals surface area contributed by atoms with Crippen LogP contribution in [0, 0.1) is 0 Å². The van der Waals surface area contributed by atoms with E-state index in [1.165, 1.54) is 19.3 Å². The molecule has 2 rings (SSSR count). The lowest BCUT2D eigenvalue weighted by Crippen LogP contribution is -2.61. The molecule has 0 spiro atoms. The molecular weight excluding hydrogens is 214 g/mol. The van der Waals surface area contributed by atoms with Crippen molar-refractivity contribution in [1.29, 1.82) is 0 Å². The fourth-order valence-electron chi connectivity index (χ4n) is 3.12. The van der Waals surface area contributed by atoms with Gasteiger partial charge in [-0.25, -0.2) is 4.79 Å². The summed E-state index contributed by atoms with van der Waals surface area (Å²) in [4.78, 5) is 12.0. The van der Waals surface area contributed by atoms with Crippen molar-refractivity contribution < 1.29 is 4.79 Å². The second-order valence-corrected chi connectivity index (χ2v) is 6.49. The Bertz CT molecular complexity index is 298. The van der Waals surface area contributed by atoms with Crippen molar-refractivity contribution in [2.24, 2.45) is 0 Å². The van der Waals surface area contributed by atoms with Gasteiger partial charge in [0.1, 0.15) is 0 Å². The zero-order chi connectivity index (χ0) is 12.5. The van der Waals surface area contributed by atoms with Gasteiger partial charge in [0, 0.05) is 11.6 Å². The summed E-state index contributed by atoms with van der Waals surface area (Å²) in [7, 11) is 0. The van der Waals surface area contributed by atoms with Crippen molar-refractivity contribution in [3.8, 4) is 0 Å². The summed E-state index contributed by atoms with van der Waals surface area (Å²) < 4.78 is 0. The summed E-state index contributed by atoms with van der Waals surface area (Å²) in [5, 5.41) is 9.76. The van der Waals surface area contributed by atoms with Crippen molar-refractivity contribution in [1.82, 2.24) is 16.0 Å². The summed E-state index contributed by atoms with van der Waals surface area (Å²) in [6.45, 7) is 7.06. The third-order valence-electron chi connectivity index (χ3n) is 3.85. The molecule has 2 aliphatic rings. The van der Waals surface area contributed by atoms with Gasteiger partial charge in [-0.1, -0.05) is 12.8 Å². The number of hydrogen-bond acceptors (Lipinski definition) is 2. The van der Waals surface area contributed by atoms with E-state index in [2.05, 4.69) is 16.0 Å². The van der Waals surface area contributed by atoms with Gasteiger partial charge in [-0.2, -0.15) is 0 Å². The average molecular weight is 239 g/mol. The maximum atomic E-state index is 12.0. The van der Waals surface area contributed by atoms with E-state index < -0.39 is 0 Å². The second-order valence-electron chi connectivity index (χ2n) is 6.49. The van der Waals surface area contributed by atoms with Crippen LogP contribution in [0.25, 0.3) is 0 Å². The van der Waals surface area contributed by atoms with Gasteiger partial charge >= 0.3 is 6.03 Å². The lowest BCUT2D eigenvalue weighted by molar-refractivity contribution is 0.188. The van der Waals surface area contributed by atoms with Crippen molar-refractivity contribution in [2.45, 2.75) is 70.0 Å². The summed E-state index contributed by atoms with van der Waals surface area (Å²) >= 11 is 0. The number of carbonyl (C=O) groups excluding carboxylic acids is 1. The lowest BCUT2D eigenvalue weighted by Gasteiger charge is -2.40. The molecule has 17 heavy (non-hydrogen) atoms. The Morgan fingerprint density at radius 1 is 1.29 bits per heavy atom. The van der Waals surface area contributed by atoms with Crippen LogP contribution >= 0.6 is 0 Å². The summed E-state index contributed by atoms with van der Waals surface area (Å²) in [6.07, 6.45) is 5.88. The molecule has 0 aromatic heterocycles. The average Bonchev–Trinajstić information content (AvgIpc) is 2.57. The Labute approximate surface area is 104 Å². The van der Waals surface area contributed by atoms with Gasteiger partial charge in [-0.15, -0.1) is 0 Å². The molecule has 1 heterocycles. The van der Waals surface area contributed by atoms with E-state index >= 15 is 0 Å². The van der Waals surface area contributed by atoms with Crippen LogP contribution in [-0.4, -0.2) is 29.7 Å². The van der Waals surface area contributed by atoms with Crippen LogP contribution in [0.2, 0.25) is 0 Å². The molecule has 4 heteroatoms. The van der Waals surface area contributed by atoms with E-state index in [1.807, 2.05) is 20.8 Å². The van der Waals surface area contributed by atoms with E-state index in [0.29, 0.717) is 6.04 Å². The summed E-state index contributed by atoms with van der Waals surface area (Å²) in [6, 6.07) is 0.454. The third kappa shape index (κ3) is 2.92. The van der Waals surface area contributed by atoms with Crippen molar-refractivity contribution in [2.75, 3.05) is 6.54 Å². The molecule has 0 aromatic carbocycles. The van der Waals surface area contributed by atoms with Crippen LogP contribution in [0.5, 0.6) is 0 Å². The highest BCUT2D eigenvalue weighted by molar-refractivity contribution is 5.75. The molecule has 1 saturated heterocycles. The van der Waals surface area contributed by atoms with Crippen LogP contribution in [0.15, 0.2) is 0 Å². The van der Waals surface area contributed by atoms with Gasteiger partial charge in [0.25, 0.3) is 0 Å². The van der Waals surface area contributed by atoms with Crippen molar-refractivity contribution in [3.05, 3.63) is 0 Å². The van der Waals surface area contributed by atoms with Crippen LogP contribution in [0.4, 0.5) is 4.79 Å². The Morgan fingerprint density at radius 2 is 2.06 bits per heavy atom. The van der Waals surface area contributed by atoms with Gasteiger partial charge in [0.15, 0.2) is 0 Å². The Hall–Kier alpha value is -0.770. The van der Waals surface area contributed by atoms with E-state index in [1.54, 1.807) is 0 Å². The van der Waals surface area contributed by atoms with Gasteiger partial charge < -0.3 is 16.0 Å². The highest BCUT2D eigenvalue weighted by Gasteiger charge is 2.45. The fourth-order valence-corrected chi connectivity index (χ4v) is 3.12. The number of amides is 2. The molecule has 2 fully saturated rings. The van der Waals surface area contributed by atoms with Gasteiger partial charge in [-0.3, -0.25) is 0 Å².